The van der Waals surface area contributed by atoms with Crippen molar-refractivity contribution in [2.24, 2.45) is 0 Å². The number of hydrogen-bond donors (Lipinski definition) is 2. The van der Waals surface area contributed by atoms with Gasteiger partial charge in [0, 0.05) is 0 Å². The zero-order valence-corrected chi connectivity index (χ0v) is 11.7. The molecule has 15 heavy (non-hydrogen) atoms. The van der Waals surface area contributed by atoms with Gasteiger partial charge in [0.25, 0.3) is 0 Å². The van der Waals surface area contributed by atoms with Crippen molar-refractivity contribution in [1.29, 1.82) is 0 Å². The van der Waals surface area contributed by atoms with E-state index in [2.05, 4.69) is 0 Å². The zero-order chi connectivity index (χ0) is 11.5. The standard InChI is InChI=1S/2C5H9O2.Sn/c2*1-2-3-4-5(6)7;/h2*1-4H2,(H,6,7);. The molecule has 5 heteroatoms. The van der Waals surface area contributed by atoms with Crippen LogP contribution in [-0.4, -0.2) is 43.3 Å². The summed E-state index contributed by atoms with van der Waals surface area (Å²) < 4.78 is 2.45. The first-order valence-corrected chi connectivity index (χ1v) is 9.31. The second kappa shape index (κ2) is 10.3. The minimum atomic E-state index is -0.707. The van der Waals surface area contributed by atoms with E-state index >= 15 is 0 Å². The predicted molar refractivity (Wildman–Crippen MR) is 58.3 cm³/mol. The normalized spacial score (nSPS) is 10.1. The van der Waals surface area contributed by atoms with Crippen molar-refractivity contribution in [2.75, 3.05) is 0 Å². The van der Waals surface area contributed by atoms with Crippen LogP contribution in [0.1, 0.15) is 38.5 Å². The molecule has 0 saturated heterocycles. The number of unbranched alkanes of at least 4 members (excludes halogenated alkanes) is 2. The first kappa shape index (κ1) is 14.7. The molecule has 0 unspecified atom stereocenters. The molecule has 2 N–H and O–H groups in total. The average Bonchev–Trinajstić information content (AvgIpc) is 2.14. The average molecular weight is 321 g/mol. The van der Waals surface area contributed by atoms with Gasteiger partial charge in [-0.2, -0.15) is 0 Å². The van der Waals surface area contributed by atoms with Crippen LogP contribution in [0.15, 0.2) is 0 Å². The van der Waals surface area contributed by atoms with Crippen LogP contribution in [0.25, 0.3) is 0 Å². The fraction of sp³-hybridized carbons (Fsp3) is 0.800. The molecule has 0 aromatic rings. The summed E-state index contributed by atoms with van der Waals surface area (Å²) in [5.41, 5.74) is 0. The molecule has 0 aromatic carbocycles. The molecule has 86 valence electrons. The van der Waals surface area contributed by atoms with Gasteiger partial charge in [-0.15, -0.1) is 0 Å². The number of rotatable bonds is 10. The molecule has 0 heterocycles. The van der Waals surface area contributed by atoms with Gasteiger partial charge in [-0.05, 0) is 0 Å². The van der Waals surface area contributed by atoms with Crippen LogP contribution in [0.2, 0.25) is 8.87 Å². The SMILES string of the molecule is O=C(O)CCC[CH2][Sn][CH2]CCCC(=O)O. The van der Waals surface area contributed by atoms with Gasteiger partial charge >= 0.3 is 100 Å². The van der Waals surface area contributed by atoms with Gasteiger partial charge in [0.2, 0.25) is 0 Å². The number of carboxylic acid groups (broad SMARTS) is 2. The Hall–Kier alpha value is -0.261. The van der Waals surface area contributed by atoms with Gasteiger partial charge in [-0.1, -0.05) is 0 Å². The second-order valence-corrected chi connectivity index (χ2v) is 7.73. The number of hydrogen-bond acceptors (Lipinski definition) is 2. The molecule has 0 amide bonds. The molecule has 0 fully saturated rings. The summed E-state index contributed by atoms with van der Waals surface area (Å²) in [4.78, 5) is 20.4. The van der Waals surface area contributed by atoms with Crippen LogP contribution < -0.4 is 0 Å². The fourth-order valence-electron chi connectivity index (χ4n) is 1.18. The van der Waals surface area contributed by atoms with Crippen molar-refractivity contribution in [1.82, 2.24) is 0 Å². The van der Waals surface area contributed by atoms with E-state index in [0.29, 0.717) is 12.8 Å². The molecule has 0 aliphatic heterocycles. The van der Waals surface area contributed by atoms with E-state index in [1.54, 1.807) is 0 Å². The van der Waals surface area contributed by atoms with E-state index in [1.807, 2.05) is 0 Å². The Labute approximate surface area is 100 Å². The number of carboxylic acids is 2. The monoisotopic (exact) mass is 322 g/mol. The van der Waals surface area contributed by atoms with Gasteiger partial charge in [0.15, 0.2) is 0 Å². The topological polar surface area (TPSA) is 74.6 Å². The Balaban J connectivity index is 2.99. The molecule has 0 rings (SSSR count). The summed E-state index contributed by atoms with van der Waals surface area (Å²) in [5, 5.41) is 16.8. The van der Waals surface area contributed by atoms with Crippen molar-refractivity contribution >= 4 is 33.1 Å². The molecule has 0 bridgehead atoms. The van der Waals surface area contributed by atoms with Crippen LogP contribution in [0.5, 0.6) is 0 Å². The van der Waals surface area contributed by atoms with Crippen molar-refractivity contribution in [3.05, 3.63) is 0 Å². The summed E-state index contributed by atoms with van der Waals surface area (Å²) in [6.07, 6.45) is 4.25. The van der Waals surface area contributed by atoms with Crippen molar-refractivity contribution in [3.63, 3.8) is 0 Å². The first-order valence-electron chi connectivity index (χ1n) is 5.27. The van der Waals surface area contributed by atoms with E-state index in [1.165, 1.54) is 8.87 Å². The number of aliphatic carboxylic acids is 2. The van der Waals surface area contributed by atoms with Crippen LogP contribution in [0.4, 0.5) is 0 Å². The van der Waals surface area contributed by atoms with E-state index < -0.39 is 11.9 Å². The molecule has 4 nitrogen and oxygen atoms in total. The summed E-state index contributed by atoms with van der Waals surface area (Å²) in [6, 6.07) is 0. The third kappa shape index (κ3) is 13.7. The second-order valence-electron chi connectivity index (χ2n) is 3.45. The van der Waals surface area contributed by atoms with Crippen LogP contribution in [0.3, 0.4) is 0 Å². The van der Waals surface area contributed by atoms with E-state index in [-0.39, 0.29) is 21.1 Å². The predicted octanol–water partition coefficient (Wildman–Crippen LogP) is 2.04. The maximum atomic E-state index is 10.2. The van der Waals surface area contributed by atoms with Crippen LogP contribution >= 0.6 is 0 Å². The molecule has 0 spiro atoms. The Morgan fingerprint density at radius 2 is 1.20 bits per heavy atom. The van der Waals surface area contributed by atoms with Crippen LogP contribution in [-0.2, 0) is 9.59 Å². The fourth-order valence-corrected chi connectivity index (χ4v) is 4.75. The van der Waals surface area contributed by atoms with E-state index in [4.69, 9.17) is 10.2 Å². The van der Waals surface area contributed by atoms with E-state index in [0.717, 1.165) is 25.7 Å². The molecule has 0 aliphatic rings. The molecule has 2 radical (unpaired) electrons. The molecule has 0 atom stereocenters. The van der Waals surface area contributed by atoms with Crippen molar-refractivity contribution < 1.29 is 19.8 Å². The third-order valence-electron chi connectivity index (χ3n) is 1.99. The van der Waals surface area contributed by atoms with Gasteiger partial charge in [-0.25, -0.2) is 0 Å². The maximum absolute atomic E-state index is 10.2. The van der Waals surface area contributed by atoms with Gasteiger partial charge in [0.05, 0.1) is 0 Å². The first-order chi connectivity index (χ1) is 7.13. The zero-order valence-electron chi connectivity index (χ0n) is 8.87. The third-order valence-corrected chi connectivity index (χ3v) is 6.02. The van der Waals surface area contributed by atoms with Gasteiger partial charge < -0.3 is 0 Å². The van der Waals surface area contributed by atoms with Crippen molar-refractivity contribution in [3.8, 4) is 0 Å². The molecular formula is C10H18O4Sn. The summed E-state index contributed by atoms with van der Waals surface area (Å²) in [5.74, 6) is -1.41. The van der Waals surface area contributed by atoms with Crippen molar-refractivity contribution in [2.45, 2.75) is 47.4 Å². The molecule has 0 aromatic heterocycles. The Bertz CT molecular complexity index is 174. The Morgan fingerprint density at radius 3 is 1.53 bits per heavy atom. The quantitative estimate of drug-likeness (QED) is 0.477. The summed E-state index contributed by atoms with van der Waals surface area (Å²) >= 11 is -0.321. The van der Waals surface area contributed by atoms with Crippen LogP contribution in [0, 0.1) is 0 Å². The summed E-state index contributed by atoms with van der Waals surface area (Å²) in [7, 11) is 0. The van der Waals surface area contributed by atoms with E-state index in [9.17, 15) is 9.59 Å². The molecular weight excluding hydrogens is 303 g/mol. The van der Waals surface area contributed by atoms with Gasteiger partial charge in [-0.3, -0.25) is 0 Å². The van der Waals surface area contributed by atoms with Gasteiger partial charge in [0.1, 0.15) is 0 Å². The Morgan fingerprint density at radius 1 is 0.800 bits per heavy atom. The minimum absolute atomic E-state index is 0.290. The molecule has 0 saturated carbocycles. The Kier molecular flexibility index (Phi) is 10.1. The number of carbonyl (C=O) groups is 2. The summed E-state index contributed by atoms with van der Waals surface area (Å²) in [6.45, 7) is 0. The molecule has 0 aliphatic carbocycles.